The van der Waals surface area contributed by atoms with E-state index in [1.165, 1.54) is 20.0 Å². The Hall–Kier alpha value is -0.220. The molecule has 2 N–H and O–H groups in total. The Morgan fingerprint density at radius 2 is 2.42 bits per heavy atom. The van der Waals surface area contributed by atoms with Gasteiger partial charge in [0.2, 0.25) is 0 Å². The predicted molar refractivity (Wildman–Crippen MR) is 50.0 cm³/mol. The van der Waals surface area contributed by atoms with Gasteiger partial charge in [0.15, 0.2) is 0 Å². The zero-order valence-electron chi connectivity index (χ0n) is 7.29. The summed E-state index contributed by atoms with van der Waals surface area (Å²) in [5.41, 5.74) is 5.54. The van der Waals surface area contributed by atoms with Crippen molar-refractivity contribution in [3.8, 4) is 0 Å². The van der Waals surface area contributed by atoms with Crippen molar-refractivity contribution >= 4 is 17.7 Å². The molecule has 0 spiro atoms. The van der Waals surface area contributed by atoms with Crippen LogP contribution in [0.1, 0.15) is 12.8 Å². The van der Waals surface area contributed by atoms with E-state index in [1.807, 2.05) is 0 Å². The molecule has 0 aromatic heterocycles. The number of esters is 1. The van der Waals surface area contributed by atoms with Gasteiger partial charge in [-0.05, 0) is 24.5 Å². The Bertz CT molecular complexity index is 159. The largest absolute Gasteiger partial charge is 0.468 e. The van der Waals surface area contributed by atoms with E-state index < -0.39 is 6.04 Å². The minimum absolute atomic E-state index is 0.307. The second-order valence-corrected chi connectivity index (χ2v) is 4.19. The third kappa shape index (κ3) is 3.45. The predicted octanol–water partition coefficient (Wildman–Crippen LogP) is 0.630. The van der Waals surface area contributed by atoms with Crippen LogP contribution in [0.15, 0.2) is 0 Å². The van der Waals surface area contributed by atoms with E-state index in [1.54, 1.807) is 11.8 Å². The Morgan fingerprint density at radius 1 is 1.75 bits per heavy atom. The van der Waals surface area contributed by atoms with Gasteiger partial charge in [-0.15, -0.1) is 0 Å². The van der Waals surface area contributed by atoms with Crippen LogP contribution in [0.3, 0.4) is 0 Å². The van der Waals surface area contributed by atoms with E-state index in [2.05, 4.69) is 4.74 Å². The second kappa shape index (κ2) is 4.72. The van der Waals surface area contributed by atoms with Crippen molar-refractivity contribution < 1.29 is 9.53 Å². The standard InChI is InChI=1S/C8H15NO2S/c1-11-8(10)7(9)5-12-4-6-2-3-6/h6-7H,2-5,9H2,1H3/t7-/m0/s1. The molecule has 1 aliphatic rings. The van der Waals surface area contributed by atoms with Gasteiger partial charge < -0.3 is 10.5 Å². The number of hydrogen-bond donors (Lipinski definition) is 1. The van der Waals surface area contributed by atoms with E-state index >= 15 is 0 Å². The minimum atomic E-state index is -0.446. The number of ether oxygens (including phenoxy) is 1. The summed E-state index contributed by atoms with van der Waals surface area (Å²) in [7, 11) is 1.37. The van der Waals surface area contributed by atoms with E-state index in [-0.39, 0.29) is 5.97 Å². The fourth-order valence-electron chi connectivity index (χ4n) is 0.866. The number of thioether (sulfide) groups is 1. The van der Waals surface area contributed by atoms with Crippen LogP contribution in [-0.2, 0) is 9.53 Å². The van der Waals surface area contributed by atoms with E-state index in [4.69, 9.17) is 5.73 Å². The molecule has 0 aromatic rings. The van der Waals surface area contributed by atoms with Gasteiger partial charge in [0.05, 0.1) is 7.11 Å². The van der Waals surface area contributed by atoms with Crippen molar-refractivity contribution in [2.75, 3.05) is 18.6 Å². The van der Waals surface area contributed by atoms with Crippen LogP contribution in [-0.4, -0.2) is 30.6 Å². The first-order valence-electron chi connectivity index (χ1n) is 4.15. The van der Waals surface area contributed by atoms with Crippen LogP contribution >= 0.6 is 11.8 Å². The molecule has 12 heavy (non-hydrogen) atoms. The molecule has 0 bridgehead atoms. The quantitative estimate of drug-likeness (QED) is 0.644. The first kappa shape index (κ1) is 9.86. The molecule has 0 aliphatic heterocycles. The lowest BCUT2D eigenvalue weighted by Crippen LogP contribution is -2.33. The molecule has 1 rings (SSSR count). The lowest BCUT2D eigenvalue weighted by molar-refractivity contribution is -0.141. The normalized spacial score (nSPS) is 18.8. The zero-order valence-corrected chi connectivity index (χ0v) is 8.10. The van der Waals surface area contributed by atoms with Crippen molar-refractivity contribution in [1.82, 2.24) is 0 Å². The summed E-state index contributed by atoms with van der Waals surface area (Å²) in [5.74, 6) is 2.41. The van der Waals surface area contributed by atoms with Crippen molar-refractivity contribution in [2.45, 2.75) is 18.9 Å². The molecule has 70 valence electrons. The smallest absolute Gasteiger partial charge is 0.323 e. The number of rotatable bonds is 5. The molecule has 1 fully saturated rings. The number of methoxy groups -OCH3 is 1. The molecule has 0 radical (unpaired) electrons. The van der Waals surface area contributed by atoms with Gasteiger partial charge in [0.25, 0.3) is 0 Å². The molecule has 0 unspecified atom stereocenters. The average molecular weight is 189 g/mol. The van der Waals surface area contributed by atoms with Crippen LogP contribution in [0.25, 0.3) is 0 Å². The third-order valence-corrected chi connectivity index (χ3v) is 3.15. The lowest BCUT2D eigenvalue weighted by Gasteiger charge is -2.07. The van der Waals surface area contributed by atoms with Crippen LogP contribution in [0, 0.1) is 5.92 Å². The van der Waals surface area contributed by atoms with Gasteiger partial charge in [-0.3, -0.25) is 4.79 Å². The topological polar surface area (TPSA) is 52.3 Å². The average Bonchev–Trinajstić information content (AvgIpc) is 2.86. The van der Waals surface area contributed by atoms with Gasteiger partial charge in [-0.25, -0.2) is 0 Å². The first-order valence-corrected chi connectivity index (χ1v) is 5.30. The highest BCUT2D eigenvalue weighted by molar-refractivity contribution is 7.99. The van der Waals surface area contributed by atoms with E-state index in [0.29, 0.717) is 5.75 Å². The molecule has 4 heteroatoms. The third-order valence-electron chi connectivity index (χ3n) is 1.85. The van der Waals surface area contributed by atoms with Gasteiger partial charge in [-0.2, -0.15) is 11.8 Å². The molecule has 1 saturated carbocycles. The van der Waals surface area contributed by atoms with Crippen molar-refractivity contribution in [1.29, 1.82) is 0 Å². The fourth-order valence-corrected chi connectivity index (χ4v) is 2.06. The Kier molecular flexibility index (Phi) is 3.88. The number of hydrogen-bond acceptors (Lipinski definition) is 4. The summed E-state index contributed by atoms with van der Waals surface area (Å²) < 4.78 is 4.51. The SMILES string of the molecule is COC(=O)[C@@H](N)CSCC1CC1. The van der Waals surface area contributed by atoms with Crippen LogP contribution in [0.2, 0.25) is 0 Å². The van der Waals surface area contributed by atoms with E-state index in [0.717, 1.165) is 11.7 Å². The number of nitrogens with two attached hydrogens (primary N) is 1. The highest BCUT2D eigenvalue weighted by Gasteiger charge is 2.22. The van der Waals surface area contributed by atoms with Gasteiger partial charge >= 0.3 is 5.97 Å². The summed E-state index contributed by atoms with van der Waals surface area (Å²) >= 11 is 1.75. The summed E-state index contributed by atoms with van der Waals surface area (Å²) in [6.45, 7) is 0. The summed E-state index contributed by atoms with van der Waals surface area (Å²) in [6.07, 6.45) is 2.70. The highest BCUT2D eigenvalue weighted by atomic mass is 32.2. The van der Waals surface area contributed by atoms with Crippen molar-refractivity contribution in [3.63, 3.8) is 0 Å². The van der Waals surface area contributed by atoms with Gasteiger partial charge in [0, 0.05) is 5.75 Å². The molecule has 0 saturated heterocycles. The minimum Gasteiger partial charge on any atom is -0.468 e. The maximum atomic E-state index is 10.8. The molecule has 1 atom stereocenters. The highest BCUT2D eigenvalue weighted by Crippen LogP contribution is 2.32. The lowest BCUT2D eigenvalue weighted by atomic mass is 10.4. The summed E-state index contributed by atoms with van der Waals surface area (Å²) in [4.78, 5) is 10.8. The fraction of sp³-hybridized carbons (Fsp3) is 0.875. The number of carbonyl (C=O) groups is 1. The second-order valence-electron chi connectivity index (χ2n) is 3.11. The molecular weight excluding hydrogens is 174 g/mol. The van der Waals surface area contributed by atoms with Crippen molar-refractivity contribution in [2.24, 2.45) is 11.7 Å². The maximum Gasteiger partial charge on any atom is 0.323 e. The van der Waals surface area contributed by atoms with Crippen LogP contribution in [0.5, 0.6) is 0 Å². The Labute approximate surface area is 77.0 Å². The molecular formula is C8H15NO2S. The summed E-state index contributed by atoms with van der Waals surface area (Å²) in [5, 5.41) is 0. The molecule has 0 amide bonds. The molecule has 3 nitrogen and oxygen atoms in total. The van der Waals surface area contributed by atoms with E-state index in [9.17, 15) is 4.79 Å². The van der Waals surface area contributed by atoms with Crippen LogP contribution < -0.4 is 5.73 Å². The molecule has 1 aliphatic carbocycles. The first-order chi connectivity index (χ1) is 5.74. The van der Waals surface area contributed by atoms with Gasteiger partial charge in [-0.1, -0.05) is 0 Å². The van der Waals surface area contributed by atoms with Crippen LogP contribution in [0.4, 0.5) is 0 Å². The monoisotopic (exact) mass is 189 g/mol. The van der Waals surface area contributed by atoms with Gasteiger partial charge in [0.1, 0.15) is 6.04 Å². The molecule has 0 heterocycles. The zero-order chi connectivity index (χ0) is 8.97. The maximum absolute atomic E-state index is 10.8. The number of carbonyl (C=O) groups excluding carboxylic acids is 1. The molecule has 0 aromatic carbocycles. The summed E-state index contributed by atoms with van der Waals surface area (Å²) in [6, 6.07) is -0.446. The van der Waals surface area contributed by atoms with Crippen molar-refractivity contribution in [3.05, 3.63) is 0 Å². The Balaban J connectivity index is 2.00. The Morgan fingerprint density at radius 3 is 2.92 bits per heavy atom.